The summed E-state index contributed by atoms with van der Waals surface area (Å²) in [4.78, 5) is 31.3. The van der Waals surface area contributed by atoms with Crippen LogP contribution in [0.25, 0.3) is 0 Å². The summed E-state index contributed by atoms with van der Waals surface area (Å²) in [6.07, 6.45) is -1.39. The van der Waals surface area contributed by atoms with Gasteiger partial charge in [-0.3, -0.25) is 9.59 Å². The van der Waals surface area contributed by atoms with Gasteiger partial charge in [-0.05, 0) is 0 Å². The average Bonchev–Trinajstić information content (AvgIpc) is 2.04. The normalized spacial score (nSPS) is 26.5. The maximum Gasteiger partial charge on any atom is 0.346 e. The Bertz CT molecular complexity index is 258. The van der Waals surface area contributed by atoms with Crippen molar-refractivity contribution in [2.24, 2.45) is 0 Å². The van der Waals surface area contributed by atoms with E-state index < -0.39 is 36.4 Å². The Balaban J connectivity index is 0.00000144. The molecule has 0 spiro atoms. The van der Waals surface area contributed by atoms with Crippen LogP contribution < -0.4 is 0 Å². The van der Waals surface area contributed by atoms with Gasteiger partial charge in [0, 0.05) is 0 Å². The molecule has 0 saturated carbocycles. The molecular weight excluding hydrogens is 184 g/mol. The van der Waals surface area contributed by atoms with Gasteiger partial charge in [0.15, 0.2) is 5.60 Å². The molecule has 1 heterocycles. The molecule has 4 N–H and O–H groups in total. The van der Waals surface area contributed by atoms with Gasteiger partial charge in [-0.2, -0.15) is 0 Å². The molecule has 1 rings (SSSR count). The number of hydrogen-bond donors (Lipinski definition) is 2. The molecule has 0 aromatic rings. The van der Waals surface area contributed by atoms with E-state index in [4.69, 9.17) is 5.11 Å². The first kappa shape index (κ1) is 11.5. The van der Waals surface area contributed by atoms with Crippen molar-refractivity contribution in [3.63, 3.8) is 0 Å². The Labute approximate surface area is 72.2 Å². The van der Waals surface area contributed by atoms with E-state index >= 15 is 0 Å². The first-order valence-corrected chi connectivity index (χ1v) is 3.13. The molecule has 0 amide bonds. The molecule has 0 aromatic carbocycles. The SMILES string of the molecule is O.O=C(O)CC1(O)CC(=O)OC1=O. The van der Waals surface area contributed by atoms with Gasteiger partial charge < -0.3 is 20.4 Å². The number of cyclic esters (lactones) is 2. The number of carbonyl (C=O) groups excluding carboxylic acids is 2. The predicted octanol–water partition coefficient (Wildman–Crippen LogP) is -2.16. The first-order chi connectivity index (χ1) is 5.44. The highest BCUT2D eigenvalue weighted by atomic mass is 16.6. The summed E-state index contributed by atoms with van der Waals surface area (Å²) in [5.41, 5.74) is -2.16. The predicted molar refractivity (Wildman–Crippen MR) is 36.5 cm³/mol. The van der Waals surface area contributed by atoms with Gasteiger partial charge in [0.05, 0.1) is 12.8 Å². The van der Waals surface area contributed by atoms with Crippen molar-refractivity contribution in [2.45, 2.75) is 18.4 Å². The molecule has 1 saturated heterocycles. The second-order valence-electron chi connectivity index (χ2n) is 2.54. The molecule has 0 radical (unpaired) electrons. The van der Waals surface area contributed by atoms with Crippen LogP contribution in [0, 0.1) is 0 Å². The van der Waals surface area contributed by atoms with E-state index in [0.717, 1.165) is 0 Å². The van der Waals surface area contributed by atoms with Crippen LogP contribution in [0.2, 0.25) is 0 Å². The molecule has 0 aliphatic carbocycles. The fraction of sp³-hybridized carbons (Fsp3) is 0.500. The third-order valence-corrected chi connectivity index (χ3v) is 1.47. The topological polar surface area (TPSA) is 132 Å². The van der Waals surface area contributed by atoms with Gasteiger partial charge in [0.25, 0.3) is 0 Å². The second kappa shape index (κ2) is 3.50. The van der Waals surface area contributed by atoms with Crippen LogP contribution in [0.15, 0.2) is 0 Å². The summed E-state index contributed by atoms with van der Waals surface area (Å²) in [6, 6.07) is 0. The summed E-state index contributed by atoms with van der Waals surface area (Å²) in [5.74, 6) is -3.44. The minimum absolute atomic E-state index is 0. The largest absolute Gasteiger partial charge is 0.481 e. The summed E-state index contributed by atoms with van der Waals surface area (Å²) in [7, 11) is 0. The molecular formula is C6H8O7. The van der Waals surface area contributed by atoms with Gasteiger partial charge in [-0.1, -0.05) is 0 Å². The van der Waals surface area contributed by atoms with Crippen LogP contribution in [0.1, 0.15) is 12.8 Å². The molecule has 1 atom stereocenters. The van der Waals surface area contributed by atoms with Gasteiger partial charge >= 0.3 is 17.9 Å². The number of carboxylic acids is 1. The fourth-order valence-corrected chi connectivity index (χ4v) is 0.930. The standard InChI is InChI=1S/C6H6O6.H2O/c7-3(8)1-6(11)2-4(9)12-5(6)10;/h11H,1-2H2,(H,7,8);1H2. The van der Waals surface area contributed by atoms with Crippen molar-refractivity contribution in [2.75, 3.05) is 0 Å². The van der Waals surface area contributed by atoms with E-state index in [2.05, 4.69) is 4.74 Å². The van der Waals surface area contributed by atoms with Gasteiger partial charge in [0.2, 0.25) is 0 Å². The maximum atomic E-state index is 10.7. The lowest BCUT2D eigenvalue weighted by atomic mass is 9.98. The Kier molecular flexibility index (Phi) is 3.10. The summed E-state index contributed by atoms with van der Waals surface area (Å²) >= 11 is 0. The summed E-state index contributed by atoms with van der Waals surface area (Å²) < 4.78 is 3.99. The zero-order chi connectivity index (χ0) is 9.35. The highest BCUT2D eigenvalue weighted by Crippen LogP contribution is 2.24. The van der Waals surface area contributed by atoms with Gasteiger partial charge in [-0.25, -0.2) is 4.79 Å². The zero-order valence-corrected chi connectivity index (χ0v) is 6.44. The van der Waals surface area contributed by atoms with E-state index in [1.165, 1.54) is 0 Å². The smallest absolute Gasteiger partial charge is 0.346 e. The van der Waals surface area contributed by atoms with Crippen LogP contribution in [0.4, 0.5) is 0 Å². The molecule has 74 valence electrons. The number of rotatable bonds is 2. The molecule has 13 heavy (non-hydrogen) atoms. The highest BCUT2D eigenvalue weighted by Gasteiger charge is 2.49. The average molecular weight is 192 g/mol. The van der Waals surface area contributed by atoms with Crippen molar-refractivity contribution in [1.29, 1.82) is 0 Å². The van der Waals surface area contributed by atoms with Crippen LogP contribution >= 0.6 is 0 Å². The van der Waals surface area contributed by atoms with Crippen LogP contribution in [-0.4, -0.2) is 39.2 Å². The lowest BCUT2D eigenvalue weighted by Gasteiger charge is -2.12. The fourth-order valence-electron chi connectivity index (χ4n) is 0.930. The number of esters is 2. The summed E-state index contributed by atoms with van der Waals surface area (Å²) in [5, 5.41) is 17.5. The highest BCUT2D eigenvalue weighted by molar-refractivity contribution is 6.01. The van der Waals surface area contributed by atoms with E-state index in [1.54, 1.807) is 0 Å². The molecule has 7 heteroatoms. The van der Waals surface area contributed by atoms with E-state index in [0.29, 0.717) is 0 Å². The minimum atomic E-state index is -2.16. The molecule has 0 aromatic heterocycles. The van der Waals surface area contributed by atoms with Crippen LogP contribution in [0.5, 0.6) is 0 Å². The van der Waals surface area contributed by atoms with Gasteiger partial charge in [-0.15, -0.1) is 0 Å². The molecule has 1 unspecified atom stereocenters. The Hall–Kier alpha value is -1.47. The quantitative estimate of drug-likeness (QED) is 0.378. The second-order valence-corrected chi connectivity index (χ2v) is 2.54. The van der Waals surface area contributed by atoms with Crippen molar-refractivity contribution in [3.05, 3.63) is 0 Å². The zero-order valence-electron chi connectivity index (χ0n) is 6.44. The van der Waals surface area contributed by atoms with Gasteiger partial charge in [0.1, 0.15) is 0 Å². The van der Waals surface area contributed by atoms with Crippen LogP contribution in [0.3, 0.4) is 0 Å². The van der Waals surface area contributed by atoms with E-state index in [-0.39, 0.29) is 5.48 Å². The number of carbonyl (C=O) groups is 3. The number of aliphatic hydroxyl groups is 1. The Morgan fingerprint density at radius 3 is 2.38 bits per heavy atom. The third kappa shape index (κ3) is 2.23. The van der Waals surface area contributed by atoms with E-state index in [9.17, 15) is 19.5 Å². The summed E-state index contributed by atoms with van der Waals surface area (Å²) in [6.45, 7) is 0. The number of aliphatic carboxylic acids is 1. The molecule has 1 aliphatic rings. The lowest BCUT2D eigenvalue weighted by molar-refractivity contribution is -0.162. The van der Waals surface area contributed by atoms with E-state index in [1.807, 2.05) is 0 Å². The number of carboxylic acid groups (broad SMARTS) is 1. The Morgan fingerprint density at radius 1 is 1.54 bits per heavy atom. The number of ether oxygens (including phenoxy) is 1. The molecule has 1 fully saturated rings. The third-order valence-electron chi connectivity index (χ3n) is 1.47. The van der Waals surface area contributed by atoms with Crippen molar-refractivity contribution in [3.8, 4) is 0 Å². The van der Waals surface area contributed by atoms with Crippen molar-refractivity contribution >= 4 is 17.9 Å². The Morgan fingerprint density at radius 2 is 2.08 bits per heavy atom. The maximum absolute atomic E-state index is 10.7. The van der Waals surface area contributed by atoms with Crippen LogP contribution in [-0.2, 0) is 19.1 Å². The monoisotopic (exact) mass is 192 g/mol. The minimum Gasteiger partial charge on any atom is -0.481 e. The van der Waals surface area contributed by atoms with Crippen molar-refractivity contribution < 1.29 is 34.8 Å². The first-order valence-electron chi connectivity index (χ1n) is 3.13. The molecule has 0 bridgehead atoms. The molecule has 1 aliphatic heterocycles. The lowest BCUT2D eigenvalue weighted by Crippen LogP contribution is -2.36. The van der Waals surface area contributed by atoms with Crippen molar-refractivity contribution in [1.82, 2.24) is 0 Å². The number of hydrogen-bond acceptors (Lipinski definition) is 5. The molecule has 7 nitrogen and oxygen atoms in total.